The molecule has 1 aliphatic rings. The van der Waals surface area contributed by atoms with Crippen LogP contribution in [0.5, 0.6) is 11.5 Å². The summed E-state index contributed by atoms with van der Waals surface area (Å²) in [6, 6.07) is 10.8. The van der Waals surface area contributed by atoms with E-state index in [0.29, 0.717) is 11.3 Å². The maximum atomic E-state index is 12.7. The third-order valence-electron chi connectivity index (χ3n) is 4.08. The highest BCUT2D eigenvalue weighted by Gasteiger charge is 2.34. The van der Waals surface area contributed by atoms with Crippen molar-refractivity contribution in [3.63, 3.8) is 0 Å². The Kier molecular flexibility index (Phi) is 5.30. The van der Waals surface area contributed by atoms with Crippen LogP contribution in [0, 0.1) is 0 Å². The molecule has 1 aliphatic heterocycles. The summed E-state index contributed by atoms with van der Waals surface area (Å²) in [5.74, 6) is -1.61. The first-order chi connectivity index (χ1) is 13.5. The van der Waals surface area contributed by atoms with E-state index in [4.69, 9.17) is 9.47 Å². The molecule has 28 heavy (non-hydrogen) atoms. The topological polar surface area (TPSA) is 105 Å². The van der Waals surface area contributed by atoms with Gasteiger partial charge in [-0.2, -0.15) is 0 Å². The van der Waals surface area contributed by atoms with Crippen LogP contribution >= 0.6 is 0 Å². The smallest absolute Gasteiger partial charge is 0.338 e. The second-order valence-electron chi connectivity index (χ2n) is 5.80. The highest BCUT2D eigenvalue weighted by atomic mass is 16.5. The van der Waals surface area contributed by atoms with Crippen LogP contribution in [0.25, 0.3) is 6.08 Å². The molecule has 8 nitrogen and oxygen atoms in total. The molecule has 1 fully saturated rings. The number of amides is 2. The molecule has 3 rings (SSSR count). The molecule has 1 heterocycles. The summed E-state index contributed by atoms with van der Waals surface area (Å²) in [6.07, 6.45) is 1.29. The fourth-order valence-electron chi connectivity index (χ4n) is 2.68. The van der Waals surface area contributed by atoms with Gasteiger partial charge < -0.3 is 14.6 Å². The summed E-state index contributed by atoms with van der Waals surface area (Å²) < 4.78 is 9.94. The van der Waals surface area contributed by atoms with Crippen LogP contribution in [0.4, 0.5) is 5.69 Å². The highest BCUT2D eigenvalue weighted by Crippen LogP contribution is 2.32. The Morgan fingerprint density at radius 2 is 1.89 bits per heavy atom. The van der Waals surface area contributed by atoms with Crippen LogP contribution in [0.3, 0.4) is 0 Å². The van der Waals surface area contributed by atoms with Gasteiger partial charge in [0.2, 0.25) is 0 Å². The SMILES string of the molecule is CCOC(=O)c1ccc(N2NC(=O)C(=Cc3cccc(OC)c3O)C2=O)cc1. The average Bonchev–Trinajstić information content (AvgIpc) is 2.98. The van der Waals surface area contributed by atoms with Gasteiger partial charge in [-0.1, -0.05) is 12.1 Å². The fraction of sp³-hybridized carbons (Fsp3) is 0.150. The maximum Gasteiger partial charge on any atom is 0.338 e. The Bertz CT molecular complexity index is 965. The molecule has 1 saturated heterocycles. The lowest BCUT2D eigenvalue weighted by Gasteiger charge is -2.14. The molecule has 0 aromatic heterocycles. The minimum atomic E-state index is -0.610. The van der Waals surface area contributed by atoms with E-state index in [1.54, 1.807) is 25.1 Å². The lowest BCUT2D eigenvalue weighted by Crippen LogP contribution is -2.35. The molecular weight excluding hydrogens is 364 g/mol. The number of para-hydroxylation sites is 1. The number of esters is 1. The number of phenolic OH excluding ortho intramolecular Hbond substituents is 1. The van der Waals surface area contributed by atoms with Crippen LogP contribution in [0.1, 0.15) is 22.8 Å². The minimum Gasteiger partial charge on any atom is -0.504 e. The summed E-state index contributed by atoms with van der Waals surface area (Å²) in [5, 5.41) is 11.2. The monoisotopic (exact) mass is 382 g/mol. The summed E-state index contributed by atoms with van der Waals surface area (Å²) in [6.45, 7) is 1.96. The van der Waals surface area contributed by atoms with Gasteiger partial charge in [0.25, 0.3) is 11.8 Å². The van der Waals surface area contributed by atoms with Crippen molar-refractivity contribution >= 4 is 29.5 Å². The standard InChI is InChI=1S/C20H18N2O6/c1-3-28-20(26)12-7-9-14(10-8-12)22-19(25)15(18(24)21-22)11-13-5-4-6-16(27-2)17(13)23/h4-11,23H,3H2,1-2H3,(H,21,24). The summed E-state index contributed by atoms with van der Waals surface area (Å²) >= 11 is 0. The van der Waals surface area contributed by atoms with Crippen molar-refractivity contribution in [1.29, 1.82) is 0 Å². The normalized spacial score (nSPS) is 14.9. The number of nitrogens with one attached hydrogen (secondary N) is 1. The summed E-state index contributed by atoms with van der Waals surface area (Å²) in [7, 11) is 1.40. The Labute approximate surface area is 160 Å². The summed E-state index contributed by atoms with van der Waals surface area (Å²) in [4.78, 5) is 36.7. The Morgan fingerprint density at radius 3 is 2.54 bits per heavy atom. The van der Waals surface area contributed by atoms with Gasteiger partial charge in [-0.05, 0) is 43.3 Å². The van der Waals surface area contributed by atoms with Gasteiger partial charge in [0.15, 0.2) is 11.5 Å². The van der Waals surface area contributed by atoms with E-state index in [1.807, 2.05) is 0 Å². The van der Waals surface area contributed by atoms with Gasteiger partial charge in [-0.3, -0.25) is 15.0 Å². The van der Waals surface area contributed by atoms with Crippen LogP contribution in [0.2, 0.25) is 0 Å². The van der Waals surface area contributed by atoms with Crippen LogP contribution in [0.15, 0.2) is 48.0 Å². The first kappa shape index (κ1) is 19.0. The predicted molar refractivity (Wildman–Crippen MR) is 101 cm³/mol. The molecule has 0 aliphatic carbocycles. The van der Waals surface area contributed by atoms with Crippen molar-refractivity contribution in [3.8, 4) is 11.5 Å². The summed E-state index contributed by atoms with van der Waals surface area (Å²) in [5.41, 5.74) is 3.31. The minimum absolute atomic E-state index is 0.141. The number of carbonyl (C=O) groups is 3. The molecule has 0 atom stereocenters. The molecule has 2 aromatic carbocycles. The first-order valence-corrected chi connectivity index (χ1v) is 8.46. The molecule has 0 radical (unpaired) electrons. The molecule has 2 aromatic rings. The second-order valence-corrected chi connectivity index (χ2v) is 5.80. The highest BCUT2D eigenvalue weighted by molar-refractivity contribution is 6.31. The number of methoxy groups -OCH3 is 1. The van der Waals surface area contributed by atoms with Gasteiger partial charge in [0.05, 0.1) is 25.0 Å². The van der Waals surface area contributed by atoms with Gasteiger partial charge in [-0.25, -0.2) is 9.80 Å². The van der Waals surface area contributed by atoms with Crippen molar-refractivity contribution in [2.45, 2.75) is 6.92 Å². The number of hydrogen-bond donors (Lipinski definition) is 2. The lowest BCUT2D eigenvalue weighted by atomic mass is 10.1. The number of hydrogen-bond acceptors (Lipinski definition) is 6. The van der Waals surface area contributed by atoms with E-state index in [0.717, 1.165) is 5.01 Å². The van der Waals surface area contributed by atoms with Crippen LogP contribution in [-0.4, -0.2) is 36.6 Å². The molecule has 144 valence electrons. The quantitative estimate of drug-likeness (QED) is 0.466. The molecule has 2 amide bonds. The molecular formula is C20H18N2O6. The average molecular weight is 382 g/mol. The van der Waals surface area contributed by atoms with Gasteiger partial charge in [0.1, 0.15) is 5.57 Å². The third kappa shape index (κ3) is 3.52. The molecule has 0 spiro atoms. The molecule has 0 saturated carbocycles. The molecule has 2 N–H and O–H groups in total. The number of benzene rings is 2. The zero-order valence-electron chi connectivity index (χ0n) is 15.3. The third-order valence-corrected chi connectivity index (χ3v) is 4.08. The van der Waals surface area contributed by atoms with Crippen molar-refractivity contribution in [1.82, 2.24) is 5.43 Å². The lowest BCUT2D eigenvalue weighted by molar-refractivity contribution is -0.117. The van der Waals surface area contributed by atoms with Crippen LogP contribution in [-0.2, 0) is 14.3 Å². The predicted octanol–water partition coefficient (Wildman–Crippen LogP) is 2.04. The van der Waals surface area contributed by atoms with E-state index in [-0.39, 0.29) is 29.2 Å². The maximum absolute atomic E-state index is 12.7. The number of carbonyl (C=O) groups excluding carboxylic acids is 3. The van der Waals surface area contributed by atoms with E-state index in [2.05, 4.69) is 5.43 Å². The zero-order chi connectivity index (χ0) is 20.3. The number of phenols is 1. The van der Waals surface area contributed by atoms with Crippen molar-refractivity contribution < 1.29 is 29.0 Å². The number of rotatable bonds is 5. The molecule has 0 unspecified atom stereocenters. The number of hydrazine groups is 1. The van der Waals surface area contributed by atoms with Crippen molar-refractivity contribution in [3.05, 3.63) is 59.2 Å². The Morgan fingerprint density at radius 1 is 1.18 bits per heavy atom. The van der Waals surface area contributed by atoms with Crippen molar-refractivity contribution in [2.75, 3.05) is 18.7 Å². The number of ether oxygens (including phenoxy) is 2. The van der Waals surface area contributed by atoms with Crippen molar-refractivity contribution in [2.24, 2.45) is 0 Å². The van der Waals surface area contributed by atoms with E-state index < -0.39 is 17.8 Å². The zero-order valence-corrected chi connectivity index (χ0v) is 15.3. The largest absolute Gasteiger partial charge is 0.504 e. The molecule has 0 bridgehead atoms. The second kappa shape index (κ2) is 7.83. The number of anilines is 1. The van der Waals surface area contributed by atoms with Gasteiger partial charge >= 0.3 is 5.97 Å². The molecule has 8 heteroatoms. The Hall–Kier alpha value is -3.81. The van der Waals surface area contributed by atoms with Crippen LogP contribution < -0.4 is 15.2 Å². The Balaban J connectivity index is 1.87. The van der Waals surface area contributed by atoms with E-state index in [9.17, 15) is 19.5 Å². The van der Waals surface area contributed by atoms with Gasteiger partial charge in [-0.15, -0.1) is 0 Å². The van der Waals surface area contributed by atoms with E-state index >= 15 is 0 Å². The van der Waals surface area contributed by atoms with E-state index in [1.165, 1.54) is 37.5 Å². The number of nitrogens with zero attached hydrogens (tertiary/aromatic N) is 1. The fourth-order valence-corrected chi connectivity index (χ4v) is 2.68. The first-order valence-electron chi connectivity index (χ1n) is 8.46. The van der Waals surface area contributed by atoms with Gasteiger partial charge in [0, 0.05) is 5.56 Å². The number of aromatic hydroxyl groups is 1.